The minimum Gasteiger partial charge on any atom is -0.496 e. The van der Waals surface area contributed by atoms with Gasteiger partial charge in [-0.05, 0) is 44.1 Å². The molecule has 0 N–H and O–H groups in total. The summed E-state index contributed by atoms with van der Waals surface area (Å²) >= 11 is 3.42. The highest BCUT2D eigenvalue weighted by Gasteiger charge is 2.04. The lowest BCUT2D eigenvalue weighted by Gasteiger charge is -2.13. The zero-order valence-corrected chi connectivity index (χ0v) is 11.8. The lowest BCUT2D eigenvalue weighted by atomic mass is 10.1. The number of hydrogen-bond donors (Lipinski definition) is 0. The fraction of sp³-hybridized carbons (Fsp3) is 0.462. The van der Waals surface area contributed by atoms with Crippen LogP contribution in [0.25, 0.3) is 0 Å². The van der Waals surface area contributed by atoms with Gasteiger partial charge in [0.05, 0.1) is 19.7 Å². The molecule has 4 heteroatoms. The monoisotopic (exact) mass is 296 g/mol. The van der Waals surface area contributed by atoms with Crippen molar-refractivity contribution in [3.63, 3.8) is 0 Å². The molecule has 0 aliphatic rings. The van der Waals surface area contributed by atoms with Crippen molar-refractivity contribution >= 4 is 15.9 Å². The Morgan fingerprint density at radius 1 is 1.47 bits per heavy atom. The summed E-state index contributed by atoms with van der Waals surface area (Å²) in [5.41, 5.74) is 1.21. The van der Waals surface area contributed by atoms with Gasteiger partial charge in [0.15, 0.2) is 0 Å². The summed E-state index contributed by atoms with van der Waals surface area (Å²) in [5.74, 6) is 0.919. The number of methoxy groups -OCH3 is 1. The van der Waals surface area contributed by atoms with Gasteiger partial charge in [0.25, 0.3) is 0 Å². The standard InChI is InChI=1S/C13H17BrN2O/c1-16(9-7-15)8-3-4-11-5-6-12(14)10-13(11)17-2/h5-6,10H,3-4,8-9H2,1-2H3. The van der Waals surface area contributed by atoms with Gasteiger partial charge in [0.1, 0.15) is 5.75 Å². The van der Waals surface area contributed by atoms with Crippen molar-refractivity contribution in [3.05, 3.63) is 28.2 Å². The molecule has 0 saturated heterocycles. The highest BCUT2D eigenvalue weighted by atomic mass is 79.9. The van der Waals surface area contributed by atoms with Crippen molar-refractivity contribution in [2.45, 2.75) is 12.8 Å². The van der Waals surface area contributed by atoms with E-state index in [0.717, 1.165) is 29.6 Å². The molecule has 0 saturated carbocycles. The van der Waals surface area contributed by atoms with Gasteiger partial charge >= 0.3 is 0 Å². The molecule has 0 aromatic heterocycles. The Balaban J connectivity index is 2.49. The molecule has 0 amide bonds. The fourth-order valence-electron chi connectivity index (χ4n) is 1.66. The largest absolute Gasteiger partial charge is 0.496 e. The number of ether oxygens (including phenoxy) is 1. The van der Waals surface area contributed by atoms with Crippen molar-refractivity contribution < 1.29 is 4.74 Å². The van der Waals surface area contributed by atoms with Gasteiger partial charge in [-0.3, -0.25) is 4.90 Å². The maximum absolute atomic E-state index is 8.55. The third-order valence-corrected chi connectivity index (χ3v) is 3.07. The van der Waals surface area contributed by atoms with Crippen LogP contribution in [0.4, 0.5) is 0 Å². The van der Waals surface area contributed by atoms with E-state index in [-0.39, 0.29) is 0 Å². The summed E-state index contributed by atoms with van der Waals surface area (Å²) in [7, 11) is 3.65. The molecule has 92 valence electrons. The topological polar surface area (TPSA) is 36.3 Å². The predicted molar refractivity (Wildman–Crippen MR) is 72.1 cm³/mol. The normalized spacial score (nSPS) is 10.3. The molecule has 0 radical (unpaired) electrons. The van der Waals surface area contributed by atoms with Gasteiger partial charge < -0.3 is 4.74 Å². The molecule has 0 fully saturated rings. The van der Waals surface area contributed by atoms with Crippen molar-refractivity contribution in [1.82, 2.24) is 4.90 Å². The van der Waals surface area contributed by atoms with Crippen molar-refractivity contribution in [2.75, 3.05) is 27.2 Å². The number of hydrogen-bond acceptors (Lipinski definition) is 3. The third kappa shape index (κ3) is 4.76. The van der Waals surface area contributed by atoms with Crippen LogP contribution >= 0.6 is 15.9 Å². The number of aryl methyl sites for hydroxylation is 1. The van der Waals surface area contributed by atoms with E-state index < -0.39 is 0 Å². The Morgan fingerprint density at radius 2 is 2.24 bits per heavy atom. The molecule has 0 heterocycles. The lowest BCUT2D eigenvalue weighted by Crippen LogP contribution is -2.20. The Kier molecular flexibility index (Phi) is 6.03. The molecule has 0 atom stereocenters. The van der Waals surface area contributed by atoms with Crippen LogP contribution in [0.5, 0.6) is 5.75 Å². The second-order valence-electron chi connectivity index (χ2n) is 3.96. The van der Waals surface area contributed by atoms with Crippen LogP contribution in [0.1, 0.15) is 12.0 Å². The lowest BCUT2D eigenvalue weighted by molar-refractivity contribution is 0.365. The second kappa shape index (κ2) is 7.31. The molecule has 17 heavy (non-hydrogen) atoms. The van der Waals surface area contributed by atoms with Gasteiger partial charge in [-0.2, -0.15) is 5.26 Å². The highest BCUT2D eigenvalue weighted by Crippen LogP contribution is 2.24. The zero-order chi connectivity index (χ0) is 12.7. The predicted octanol–water partition coefficient (Wildman–Crippen LogP) is 2.85. The maximum atomic E-state index is 8.55. The number of rotatable bonds is 6. The molecule has 3 nitrogen and oxygen atoms in total. The Bertz CT molecular complexity index is 401. The van der Waals surface area contributed by atoms with Crippen molar-refractivity contribution in [2.24, 2.45) is 0 Å². The van der Waals surface area contributed by atoms with Gasteiger partial charge in [0.2, 0.25) is 0 Å². The van der Waals surface area contributed by atoms with Crippen molar-refractivity contribution in [3.8, 4) is 11.8 Å². The highest BCUT2D eigenvalue weighted by molar-refractivity contribution is 9.10. The zero-order valence-electron chi connectivity index (χ0n) is 10.2. The van der Waals surface area contributed by atoms with Crippen LogP contribution in [0.3, 0.4) is 0 Å². The Hall–Kier alpha value is -1.05. The van der Waals surface area contributed by atoms with E-state index in [1.54, 1.807) is 7.11 Å². The van der Waals surface area contributed by atoms with E-state index in [1.165, 1.54) is 5.56 Å². The first-order valence-corrected chi connectivity index (χ1v) is 6.34. The molecular weight excluding hydrogens is 280 g/mol. The molecule has 0 spiro atoms. The van der Waals surface area contributed by atoms with Gasteiger partial charge in [0, 0.05) is 4.47 Å². The minimum atomic E-state index is 0.484. The average Bonchev–Trinajstić information content (AvgIpc) is 2.31. The minimum absolute atomic E-state index is 0.484. The Labute approximate surface area is 111 Å². The second-order valence-corrected chi connectivity index (χ2v) is 4.87. The summed E-state index contributed by atoms with van der Waals surface area (Å²) in [6, 6.07) is 8.22. The van der Waals surface area contributed by atoms with E-state index >= 15 is 0 Å². The number of nitriles is 1. The van der Waals surface area contributed by atoms with Crippen LogP contribution in [0, 0.1) is 11.3 Å². The smallest absolute Gasteiger partial charge is 0.123 e. The van der Waals surface area contributed by atoms with Crippen LogP contribution in [-0.2, 0) is 6.42 Å². The van der Waals surface area contributed by atoms with Crippen LogP contribution in [0.15, 0.2) is 22.7 Å². The van der Waals surface area contributed by atoms with Crippen LogP contribution < -0.4 is 4.74 Å². The number of halogens is 1. The fourth-order valence-corrected chi connectivity index (χ4v) is 2.00. The molecule has 0 aliphatic carbocycles. The molecule has 0 bridgehead atoms. The summed E-state index contributed by atoms with van der Waals surface area (Å²) in [4.78, 5) is 2.02. The van der Waals surface area contributed by atoms with Crippen LogP contribution in [0.2, 0.25) is 0 Å². The number of nitrogens with zero attached hydrogens (tertiary/aromatic N) is 2. The molecular formula is C13H17BrN2O. The van der Waals surface area contributed by atoms with Crippen LogP contribution in [-0.4, -0.2) is 32.1 Å². The average molecular weight is 297 g/mol. The van der Waals surface area contributed by atoms with Gasteiger partial charge in [-0.25, -0.2) is 0 Å². The molecule has 0 aliphatic heterocycles. The first-order chi connectivity index (χ1) is 8.17. The Morgan fingerprint density at radius 3 is 2.88 bits per heavy atom. The third-order valence-electron chi connectivity index (χ3n) is 2.58. The number of benzene rings is 1. The first-order valence-electron chi connectivity index (χ1n) is 5.55. The van der Waals surface area contributed by atoms with E-state index in [2.05, 4.69) is 28.1 Å². The van der Waals surface area contributed by atoms with E-state index in [1.807, 2.05) is 24.1 Å². The molecule has 1 aromatic rings. The van der Waals surface area contributed by atoms with E-state index in [9.17, 15) is 0 Å². The summed E-state index contributed by atoms with van der Waals surface area (Å²) in [6.07, 6.45) is 1.99. The molecule has 1 rings (SSSR count). The SMILES string of the molecule is COc1cc(Br)ccc1CCCN(C)CC#N. The van der Waals surface area contributed by atoms with E-state index in [4.69, 9.17) is 10.00 Å². The molecule has 1 aromatic carbocycles. The summed E-state index contributed by atoms with van der Waals surface area (Å²) < 4.78 is 6.36. The maximum Gasteiger partial charge on any atom is 0.123 e. The summed E-state index contributed by atoms with van der Waals surface area (Å²) in [6.45, 7) is 1.41. The summed E-state index contributed by atoms with van der Waals surface area (Å²) in [5, 5.41) is 8.55. The van der Waals surface area contributed by atoms with Gasteiger partial charge in [-0.1, -0.05) is 22.0 Å². The van der Waals surface area contributed by atoms with Crippen molar-refractivity contribution in [1.29, 1.82) is 5.26 Å². The quantitative estimate of drug-likeness (QED) is 0.758. The molecule has 0 unspecified atom stereocenters. The van der Waals surface area contributed by atoms with E-state index in [0.29, 0.717) is 6.54 Å². The van der Waals surface area contributed by atoms with Gasteiger partial charge in [-0.15, -0.1) is 0 Å². The first kappa shape index (κ1) is 14.0.